The van der Waals surface area contributed by atoms with Crippen LogP contribution < -0.4 is 0 Å². The molecule has 0 fully saturated rings. The molecule has 0 saturated heterocycles. The lowest BCUT2D eigenvalue weighted by atomic mass is 9.86. The summed E-state index contributed by atoms with van der Waals surface area (Å²) in [5.41, 5.74) is -2.11. The first kappa shape index (κ1) is 22.4. The highest BCUT2D eigenvalue weighted by atomic mass is 35.5. The maximum absolute atomic E-state index is 14.1. The van der Waals surface area contributed by atoms with Crippen LogP contribution in [0.4, 0.5) is 13.2 Å². The zero-order chi connectivity index (χ0) is 22.3. The Balaban J connectivity index is 2.03. The van der Waals surface area contributed by atoms with E-state index >= 15 is 0 Å². The van der Waals surface area contributed by atoms with E-state index in [0.717, 1.165) is 12.1 Å². The monoisotopic (exact) mass is 460 g/mol. The highest BCUT2D eigenvalue weighted by Crippen LogP contribution is 2.49. The fourth-order valence-electron chi connectivity index (χ4n) is 3.30. The summed E-state index contributed by atoms with van der Waals surface area (Å²) in [5, 5.41) is 13.2. The Morgan fingerprint density at radius 1 is 1.20 bits per heavy atom. The van der Waals surface area contributed by atoms with Gasteiger partial charge in [0.25, 0.3) is 5.60 Å². The molecule has 10 heteroatoms. The number of hydrogen-bond acceptors (Lipinski definition) is 4. The molecule has 3 rings (SSSR count). The van der Waals surface area contributed by atoms with E-state index < -0.39 is 24.2 Å². The van der Waals surface area contributed by atoms with Crippen LogP contribution in [0, 0.1) is 0 Å². The minimum absolute atomic E-state index is 0.0391. The van der Waals surface area contributed by atoms with Crippen molar-refractivity contribution in [2.45, 2.75) is 24.7 Å². The van der Waals surface area contributed by atoms with Crippen molar-refractivity contribution in [1.29, 1.82) is 0 Å². The lowest BCUT2D eigenvalue weighted by Crippen LogP contribution is -2.42. The van der Waals surface area contributed by atoms with Crippen molar-refractivity contribution in [3.63, 3.8) is 0 Å². The second-order valence-corrected chi connectivity index (χ2v) is 8.08. The Labute approximate surface area is 180 Å². The standard InChI is InChI=1S/C20H17Cl2F3N2O3/c1-27(2)10-12-5-11(3-4-16(12)18(28)29)17-9-19(30-26-17,20(23,24)25)13-6-14(21)8-15(22)7-13/h3-8H,9-10H2,1-2H3,(H,28,29). The molecule has 0 spiro atoms. The molecule has 2 aromatic carbocycles. The smallest absolute Gasteiger partial charge is 0.435 e. The van der Waals surface area contributed by atoms with Gasteiger partial charge in [0, 0.05) is 28.6 Å². The van der Waals surface area contributed by atoms with Gasteiger partial charge < -0.3 is 14.8 Å². The molecule has 0 aromatic heterocycles. The molecule has 1 unspecified atom stereocenters. The first-order chi connectivity index (χ1) is 13.9. The van der Waals surface area contributed by atoms with Crippen molar-refractivity contribution >= 4 is 34.9 Å². The molecule has 1 N–H and O–H groups in total. The number of aromatic carboxylic acids is 1. The van der Waals surface area contributed by atoms with Crippen molar-refractivity contribution in [3.05, 3.63) is 68.7 Å². The number of alkyl halides is 3. The maximum Gasteiger partial charge on any atom is 0.435 e. The SMILES string of the molecule is CN(C)Cc1cc(C2=NOC(c3cc(Cl)cc(Cl)c3)(C(F)(F)F)C2)ccc1C(=O)O. The number of halogens is 5. The van der Waals surface area contributed by atoms with E-state index in [0.29, 0.717) is 11.1 Å². The predicted octanol–water partition coefficient (Wildman–Crippen LogP) is 5.34. The van der Waals surface area contributed by atoms with Crippen molar-refractivity contribution in [2.24, 2.45) is 5.16 Å². The summed E-state index contributed by atoms with van der Waals surface area (Å²) in [6.45, 7) is 0.290. The number of hydrogen-bond donors (Lipinski definition) is 1. The first-order valence-corrected chi connectivity index (χ1v) is 9.48. The van der Waals surface area contributed by atoms with Crippen LogP contribution in [-0.2, 0) is 17.0 Å². The molecule has 0 radical (unpaired) electrons. The van der Waals surface area contributed by atoms with Crippen LogP contribution in [-0.4, -0.2) is 42.0 Å². The lowest BCUT2D eigenvalue weighted by Gasteiger charge is -2.29. The number of benzene rings is 2. The van der Waals surface area contributed by atoms with E-state index in [4.69, 9.17) is 28.0 Å². The zero-order valence-electron chi connectivity index (χ0n) is 15.9. The number of carboxylic acids is 1. The van der Waals surface area contributed by atoms with Gasteiger partial charge in [-0.25, -0.2) is 4.79 Å². The van der Waals surface area contributed by atoms with E-state index in [9.17, 15) is 23.1 Å². The van der Waals surface area contributed by atoms with Gasteiger partial charge in [0.1, 0.15) is 0 Å². The molecule has 0 saturated carbocycles. The van der Waals surface area contributed by atoms with Gasteiger partial charge in [-0.05, 0) is 55.6 Å². The molecule has 2 aromatic rings. The third-order valence-electron chi connectivity index (χ3n) is 4.67. The summed E-state index contributed by atoms with van der Waals surface area (Å²) in [6.07, 6.45) is -5.42. The van der Waals surface area contributed by atoms with E-state index in [2.05, 4.69) is 5.16 Å². The molecule has 0 aliphatic carbocycles. The highest BCUT2D eigenvalue weighted by Gasteiger charge is 2.62. The average Bonchev–Trinajstić information content (AvgIpc) is 3.06. The van der Waals surface area contributed by atoms with Crippen LogP contribution in [0.3, 0.4) is 0 Å². The quantitative estimate of drug-likeness (QED) is 0.654. The van der Waals surface area contributed by atoms with E-state index in [-0.39, 0.29) is 33.4 Å². The molecule has 0 bridgehead atoms. The van der Waals surface area contributed by atoms with Crippen LogP contribution >= 0.6 is 23.2 Å². The number of carbonyl (C=O) groups is 1. The van der Waals surface area contributed by atoms with Crippen molar-refractivity contribution in [2.75, 3.05) is 14.1 Å². The minimum atomic E-state index is -4.81. The van der Waals surface area contributed by atoms with Gasteiger partial charge in [-0.15, -0.1) is 0 Å². The van der Waals surface area contributed by atoms with Crippen LogP contribution in [0.2, 0.25) is 10.0 Å². The van der Waals surface area contributed by atoms with Crippen LogP contribution in [0.15, 0.2) is 41.6 Å². The molecule has 1 aliphatic heterocycles. The van der Waals surface area contributed by atoms with E-state index in [1.807, 2.05) is 0 Å². The van der Waals surface area contributed by atoms with Crippen molar-refractivity contribution in [1.82, 2.24) is 4.90 Å². The van der Waals surface area contributed by atoms with Crippen molar-refractivity contribution < 1.29 is 27.9 Å². The second-order valence-electron chi connectivity index (χ2n) is 7.20. The molecule has 160 valence electrons. The van der Waals surface area contributed by atoms with Crippen LogP contribution in [0.1, 0.15) is 33.5 Å². The maximum atomic E-state index is 14.1. The summed E-state index contributed by atoms with van der Waals surface area (Å²) in [6, 6.07) is 7.90. The summed E-state index contributed by atoms with van der Waals surface area (Å²) in [4.78, 5) is 18.2. The van der Waals surface area contributed by atoms with Crippen LogP contribution in [0.25, 0.3) is 0 Å². The summed E-state index contributed by atoms with van der Waals surface area (Å²) in [5.74, 6) is -1.12. The molecule has 5 nitrogen and oxygen atoms in total. The molecule has 30 heavy (non-hydrogen) atoms. The molecule has 1 heterocycles. The minimum Gasteiger partial charge on any atom is -0.478 e. The second kappa shape index (κ2) is 8.09. The number of nitrogens with zero attached hydrogens (tertiary/aromatic N) is 2. The largest absolute Gasteiger partial charge is 0.478 e. The topological polar surface area (TPSA) is 62.1 Å². The van der Waals surface area contributed by atoms with Gasteiger partial charge >= 0.3 is 12.1 Å². The fraction of sp³-hybridized carbons (Fsp3) is 0.300. The third kappa shape index (κ3) is 4.26. The Morgan fingerprint density at radius 2 is 1.83 bits per heavy atom. The third-order valence-corrected chi connectivity index (χ3v) is 5.11. The van der Waals surface area contributed by atoms with Gasteiger partial charge in [0.2, 0.25) is 0 Å². The van der Waals surface area contributed by atoms with E-state index in [1.165, 1.54) is 24.3 Å². The zero-order valence-corrected chi connectivity index (χ0v) is 17.4. The van der Waals surface area contributed by atoms with Crippen molar-refractivity contribution in [3.8, 4) is 0 Å². The summed E-state index contributed by atoms with van der Waals surface area (Å²) < 4.78 is 42.3. The Kier molecular flexibility index (Phi) is 6.04. The number of oxime groups is 1. The van der Waals surface area contributed by atoms with Gasteiger partial charge in [-0.3, -0.25) is 0 Å². The Hall–Kier alpha value is -2.29. The van der Waals surface area contributed by atoms with Crippen LogP contribution in [0.5, 0.6) is 0 Å². The molecular formula is C20H17Cl2F3N2O3. The molecule has 1 aliphatic rings. The Morgan fingerprint density at radius 3 is 2.37 bits per heavy atom. The molecule has 0 amide bonds. The van der Waals surface area contributed by atoms with Gasteiger partial charge in [-0.2, -0.15) is 13.2 Å². The first-order valence-electron chi connectivity index (χ1n) is 8.72. The highest BCUT2D eigenvalue weighted by molar-refractivity contribution is 6.34. The summed E-state index contributed by atoms with van der Waals surface area (Å²) in [7, 11) is 3.51. The Bertz CT molecular complexity index is 1000. The molecular weight excluding hydrogens is 444 g/mol. The average molecular weight is 461 g/mol. The van der Waals surface area contributed by atoms with Gasteiger partial charge in [0.15, 0.2) is 0 Å². The van der Waals surface area contributed by atoms with Gasteiger partial charge in [0.05, 0.1) is 11.3 Å². The number of carboxylic acid groups (broad SMARTS) is 1. The van der Waals surface area contributed by atoms with Gasteiger partial charge in [-0.1, -0.05) is 34.4 Å². The fourth-order valence-corrected chi connectivity index (χ4v) is 3.82. The van der Waals surface area contributed by atoms with E-state index in [1.54, 1.807) is 19.0 Å². The number of rotatable bonds is 5. The predicted molar refractivity (Wildman–Crippen MR) is 107 cm³/mol. The summed E-state index contributed by atoms with van der Waals surface area (Å²) >= 11 is 11.8. The molecule has 1 atom stereocenters. The lowest BCUT2D eigenvalue weighted by molar-refractivity contribution is -0.275. The normalized spacial score (nSPS) is 19.0.